The Morgan fingerprint density at radius 2 is 2.06 bits per heavy atom. The number of hydrogen-bond acceptors (Lipinski definition) is 5. The van der Waals surface area contributed by atoms with Crippen molar-refractivity contribution in [3.05, 3.63) is 0 Å². The highest BCUT2D eigenvalue weighted by molar-refractivity contribution is 7.89. The first-order valence-electron chi connectivity index (χ1n) is 5.57. The van der Waals surface area contributed by atoms with Gasteiger partial charge in [-0.25, -0.2) is 13.1 Å². The van der Waals surface area contributed by atoms with E-state index in [1.165, 1.54) is 7.11 Å². The molecule has 0 aromatic heterocycles. The zero-order chi connectivity index (χ0) is 13.3. The van der Waals surface area contributed by atoms with Gasteiger partial charge in [-0.1, -0.05) is 0 Å². The van der Waals surface area contributed by atoms with E-state index in [1.807, 2.05) is 6.92 Å². The SMILES string of the molecule is CCOC(C)CNS(=O)(=O)CCCC(=O)OC. The van der Waals surface area contributed by atoms with Crippen molar-refractivity contribution >= 4 is 16.0 Å². The lowest BCUT2D eigenvalue weighted by atomic mass is 10.3. The van der Waals surface area contributed by atoms with Gasteiger partial charge in [0.2, 0.25) is 10.0 Å². The summed E-state index contributed by atoms with van der Waals surface area (Å²) < 4.78 is 35.0. The second-order valence-electron chi connectivity index (χ2n) is 3.61. The van der Waals surface area contributed by atoms with Crippen molar-refractivity contribution in [2.24, 2.45) is 0 Å². The van der Waals surface area contributed by atoms with Crippen molar-refractivity contribution in [2.75, 3.05) is 26.0 Å². The van der Waals surface area contributed by atoms with Crippen molar-refractivity contribution in [1.82, 2.24) is 4.72 Å². The van der Waals surface area contributed by atoms with Crippen LogP contribution in [0.4, 0.5) is 0 Å². The summed E-state index contributed by atoms with van der Waals surface area (Å²) in [7, 11) is -2.06. The van der Waals surface area contributed by atoms with Crippen molar-refractivity contribution in [3.63, 3.8) is 0 Å². The smallest absolute Gasteiger partial charge is 0.305 e. The van der Waals surface area contributed by atoms with E-state index in [-0.39, 0.29) is 31.2 Å². The summed E-state index contributed by atoms with van der Waals surface area (Å²) in [5.74, 6) is -0.483. The van der Waals surface area contributed by atoms with Gasteiger partial charge in [-0.3, -0.25) is 4.79 Å². The molecule has 1 N–H and O–H groups in total. The average molecular weight is 267 g/mol. The topological polar surface area (TPSA) is 81.7 Å². The summed E-state index contributed by atoms with van der Waals surface area (Å²) in [6.45, 7) is 4.43. The van der Waals surface area contributed by atoms with Crippen LogP contribution < -0.4 is 4.72 Å². The molecule has 0 heterocycles. The molecule has 102 valence electrons. The molecule has 0 rings (SSSR count). The third kappa shape index (κ3) is 9.08. The Kier molecular flexibility index (Phi) is 8.11. The molecule has 0 radical (unpaired) electrons. The van der Waals surface area contributed by atoms with Gasteiger partial charge in [0.05, 0.1) is 19.0 Å². The Morgan fingerprint density at radius 1 is 1.41 bits per heavy atom. The zero-order valence-corrected chi connectivity index (χ0v) is 11.4. The minimum absolute atomic E-state index is 0.0824. The largest absolute Gasteiger partial charge is 0.469 e. The number of esters is 1. The quantitative estimate of drug-likeness (QED) is 0.607. The van der Waals surface area contributed by atoms with E-state index in [9.17, 15) is 13.2 Å². The van der Waals surface area contributed by atoms with Crippen LogP contribution in [-0.4, -0.2) is 46.5 Å². The highest BCUT2D eigenvalue weighted by Gasteiger charge is 2.13. The molecule has 0 aliphatic rings. The fourth-order valence-electron chi connectivity index (χ4n) is 1.17. The number of methoxy groups -OCH3 is 1. The Balaban J connectivity index is 3.84. The number of hydrogen-bond donors (Lipinski definition) is 1. The van der Waals surface area contributed by atoms with Crippen LogP contribution in [0.1, 0.15) is 26.7 Å². The summed E-state index contributed by atoms with van der Waals surface area (Å²) in [6.07, 6.45) is 0.207. The molecule has 0 bridgehead atoms. The lowest BCUT2D eigenvalue weighted by molar-refractivity contribution is -0.140. The van der Waals surface area contributed by atoms with Gasteiger partial charge >= 0.3 is 5.97 Å². The highest BCUT2D eigenvalue weighted by Crippen LogP contribution is 1.97. The van der Waals surface area contributed by atoms with Crippen LogP contribution in [0.2, 0.25) is 0 Å². The molecule has 0 aliphatic heterocycles. The molecule has 0 fully saturated rings. The van der Waals surface area contributed by atoms with Crippen LogP contribution in [0.15, 0.2) is 0 Å². The summed E-state index contributed by atoms with van der Waals surface area (Å²) in [5, 5.41) is 0. The number of nitrogens with one attached hydrogen (secondary N) is 1. The molecule has 0 spiro atoms. The third-order valence-corrected chi connectivity index (χ3v) is 3.50. The number of ether oxygens (including phenoxy) is 2. The fourth-order valence-corrected chi connectivity index (χ4v) is 2.33. The molecule has 1 unspecified atom stereocenters. The van der Waals surface area contributed by atoms with Crippen molar-refractivity contribution in [1.29, 1.82) is 0 Å². The molecule has 0 amide bonds. The summed E-state index contributed by atoms with van der Waals surface area (Å²) in [6, 6.07) is 0. The molecule has 0 saturated heterocycles. The normalized spacial score (nSPS) is 13.4. The van der Waals surface area contributed by atoms with Crippen molar-refractivity contribution < 1.29 is 22.7 Å². The molecule has 0 aromatic rings. The van der Waals surface area contributed by atoms with Crippen LogP contribution in [0.3, 0.4) is 0 Å². The van der Waals surface area contributed by atoms with Gasteiger partial charge in [-0.05, 0) is 20.3 Å². The second kappa shape index (κ2) is 8.43. The molecule has 7 heteroatoms. The lowest BCUT2D eigenvalue weighted by Gasteiger charge is -2.12. The van der Waals surface area contributed by atoms with Crippen LogP contribution in [0.25, 0.3) is 0 Å². The van der Waals surface area contributed by atoms with Gasteiger partial charge in [0.1, 0.15) is 0 Å². The van der Waals surface area contributed by atoms with Gasteiger partial charge in [0, 0.05) is 19.6 Å². The monoisotopic (exact) mass is 267 g/mol. The molecule has 0 saturated carbocycles. The van der Waals surface area contributed by atoms with Gasteiger partial charge in [-0.2, -0.15) is 0 Å². The first-order valence-corrected chi connectivity index (χ1v) is 7.22. The number of rotatable bonds is 9. The third-order valence-electron chi connectivity index (χ3n) is 2.06. The number of sulfonamides is 1. The van der Waals surface area contributed by atoms with Crippen LogP contribution >= 0.6 is 0 Å². The van der Waals surface area contributed by atoms with E-state index in [2.05, 4.69) is 9.46 Å². The molecule has 0 aliphatic carbocycles. The van der Waals surface area contributed by atoms with E-state index in [4.69, 9.17) is 4.74 Å². The summed E-state index contributed by atoms with van der Waals surface area (Å²) in [5.41, 5.74) is 0. The minimum atomic E-state index is -3.34. The predicted molar refractivity (Wildman–Crippen MR) is 64.1 cm³/mol. The lowest BCUT2D eigenvalue weighted by Crippen LogP contribution is -2.33. The van der Waals surface area contributed by atoms with Crippen LogP contribution in [-0.2, 0) is 24.3 Å². The molecule has 17 heavy (non-hydrogen) atoms. The second-order valence-corrected chi connectivity index (χ2v) is 5.54. The molecule has 6 nitrogen and oxygen atoms in total. The molecular formula is C10H21NO5S. The maximum Gasteiger partial charge on any atom is 0.305 e. The molecule has 0 aromatic carbocycles. The van der Waals surface area contributed by atoms with Gasteiger partial charge in [0.15, 0.2) is 0 Å². The Morgan fingerprint density at radius 3 is 2.59 bits per heavy atom. The zero-order valence-electron chi connectivity index (χ0n) is 10.6. The highest BCUT2D eigenvalue weighted by atomic mass is 32.2. The minimum Gasteiger partial charge on any atom is -0.469 e. The summed E-state index contributed by atoms with van der Waals surface area (Å²) >= 11 is 0. The fraction of sp³-hybridized carbons (Fsp3) is 0.900. The van der Waals surface area contributed by atoms with Gasteiger partial charge in [0.25, 0.3) is 0 Å². The first-order chi connectivity index (χ1) is 7.91. The van der Waals surface area contributed by atoms with E-state index >= 15 is 0 Å². The number of carbonyl (C=O) groups is 1. The van der Waals surface area contributed by atoms with Crippen molar-refractivity contribution in [3.8, 4) is 0 Å². The molecule has 1 atom stereocenters. The standard InChI is InChI=1S/C10H21NO5S/c1-4-16-9(2)8-11-17(13,14)7-5-6-10(12)15-3/h9,11H,4-8H2,1-3H3. The maximum absolute atomic E-state index is 11.5. The Bertz CT molecular complexity index is 315. The van der Waals surface area contributed by atoms with E-state index in [0.717, 1.165) is 0 Å². The Labute approximate surface area is 103 Å². The van der Waals surface area contributed by atoms with E-state index in [0.29, 0.717) is 6.61 Å². The van der Waals surface area contributed by atoms with Gasteiger partial charge < -0.3 is 9.47 Å². The summed E-state index contributed by atoms with van der Waals surface area (Å²) in [4.78, 5) is 10.8. The average Bonchev–Trinajstić information content (AvgIpc) is 2.26. The Hall–Kier alpha value is -0.660. The van der Waals surface area contributed by atoms with Crippen molar-refractivity contribution in [2.45, 2.75) is 32.8 Å². The van der Waals surface area contributed by atoms with Crippen LogP contribution in [0, 0.1) is 0 Å². The van der Waals surface area contributed by atoms with Gasteiger partial charge in [-0.15, -0.1) is 0 Å². The predicted octanol–water partition coefficient (Wildman–Crippen LogP) is 0.284. The first kappa shape index (κ1) is 16.3. The number of carbonyl (C=O) groups excluding carboxylic acids is 1. The van der Waals surface area contributed by atoms with Crippen LogP contribution in [0.5, 0.6) is 0 Å². The van der Waals surface area contributed by atoms with E-state index in [1.54, 1.807) is 6.92 Å². The molecular weight excluding hydrogens is 246 g/mol. The van der Waals surface area contributed by atoms with E-state index < -0.39 is 16.0 Å². The maximum atomic E-state index is 11.5.